The maximum atomic E-state index is 12.1. The van der Waals surface area contributed by atoms with E-state index in [4.69, 9.17) is 5.73 Å². The third-order valence-corrected chi connectivity index (χ3v) is 5.68. The zero-order valence-electron chi connectivity index (χ0n) is 9.41. The molecule has 19 heavy (non-hydrogen) atoms. The minimum absolute atomic E-state index is 0.0590. The highest BCUT2D eigenvalue weighted by Gasteiger charge is 2.41. The highest BCUT2D eigenvalue weighted by Crippen LogP contribution is 2.37. The lowest BCUT2D eigenvalue weighted by Crippen LogP contribution is -2.52. The van der Waals surface area contributed by atoms with Crippen molar-refractivity contribution in [3.63, 3.8) is 0 Å². The van der Waals surface area contributed by atoms with Gasteiger partial charge in [0.05, 0.1) is 4.88 Å². The molecule has 1 atom stereocenters. The second-order valence-corrected chi connectivity index (χ2v) is 6.78. The number of amides is 1. The summed E-state index contributed by atoms with van der Waals surface area (Å²) in [5.41, 5.74) is 5.05. The van der Waals surface area contributed by atoms with Gasteiger partial charge in [-0.1, -0.05) is 18.2 Å². The maximum Gasteiger partial charge on any atom is 0.243 e. The lowest BCUT2D eigenvalue weighted by molar-refractivity contribution is -0.118. The van der Waals surface area contributed by atoms with Gasteiger partial charge in [-0.2, -0.15) is 4.72 Å². The number of benzene rings is 1. The molecule has 0 saturated heterocycles. The van der Waals surface area contributed by atoms with Crippen LogP contribution in [0.25, 0.3) is 10.1 Å². The smallest absolute Gasteiger partial charge is 0.243 e. The van der Waals surface area contributed by atoms with E-state index in [0.29, 0.717) is 10.1 Å². The van der Waals surface area contributed by atoms with E-state index >= 15 is 0 Å². The van der Waals surface area contributed by atoms with Crippen molar-refractivity contribution in [2.75, 3.05) is 0 Å². The Morgan fingerprint density at radius 2 is 2.00 bits per heavy atom. The standard InChI is InChI=1S/C11H8N2O4S2/c12-11(15)7-8(14)9-10(19(16,17)13-7)5-3-1-2-4-6(5)18-9/h1-4,7,13H,(H2,12,15). The Hall–Kier alpha value is -1.77. The van der Waals surface area contributed by atoms with Crippen molar-refractivity contribution in [2.24, 2.45) is 5.73 Å². The van der Waals surface area contributed by atoms with E-state index in [-0.39, 0.29) is 9.77 Å². The molecule has 8 heteroatoms. The zero-order chi connectivity index (χ0) is 13.8. The number of hydrogen-bond donors (Lipinski definition) is 2. The van der Waals surface area contributed by atoms with Crippen LogP contribution in [0.4, 0.5) is 0 Å². The minimum Gasteiger partial charge on any atom is -0.368 e. The molecule has 3 N–H and O–H groups in total. The molecule has 0 radical (unpaired) electrons. The summed E-state index contributed by atoms with van der Waals surface area (Å²) in [7, 11) is -3.91. The van der Waals surface area contributed by atoms with Crippen molar-refractivity contribution in [3.05, 3.63) is 29.1 Å². The third-order valence-electron chi connectivity index (χ3n) is 2.86. The van der Waals surface area contributed by atoms with Gasteiger partial charge in [-0.05, 0) is 6.07 Å². The van der Waals surface area contributed by atoms with Gasteiger partial charge in [0.1, 0.15) is 4.90 Å². The first-order valence-corrected chi connectivity index (χ1v) is 7.59. The van der Waals surface area contributed by atoms with Crippen LogP contribution in [0.5, 0.6) is 0 Å². The first-order chi connectivity index (χ1) is 8.92. The molecule has 0 bridgehead atoms. The van der Waals surface area contributed by atoms with Gasteiger partial charge in [0.2, 0.25) is 21.7 Å². The van der Waals surface area contributed by atoms with Crippen LogP contribution in [0.3, 0.4) is 0 Å². The van der Waals surface area contributed by atoms with Crippen molar-refractivity contribution in [3.8, 4) is 0 Å². The van der Waals surface area contributed by atoms with Gasteiger partial charge < -0.3 is 5.73 Å². The summed E-state index contributed by atoms with van der Waals surface area (Å²) in [6, 6.07) is 5.27. The molecule has 2 aromatic rings. The lowest BCUT2D eigenvalue weighted by atomic mass is 10.1. The monoisotopic (exact) mass is 296 g/mol. The van der Waals surface area contributed by atoms with Gasteiger partial charge in [-0.25, -0.2) is 8.42 Å². The summed E-state index contributed by atoms with van der Waals surface area (Å²) < 4.78 is 27.0. The molecule has 1 aliphatic rings. The fourth-order valence-corrected chi connectivity index (χ4v) is 5.09. The summed E-state index contributed by atoms with van der Waals surface area (Å²) in [4.78, 5) is 23.3. The number of carbonyl (C=O) groups is 2. The molecule has 3 rings (SSSR count). The number of nitrogens with two attached hydrogens (primary N) is 1. The van der Waals surface area contributed by atoms with E-state index in [1.807, 2.05) is 4.72 Å². The van der Waals surface area contributed by atoms with Crippen LogP contribution in [0.1, 0.15) is 9.67 Å². The van der Waals surface area contributed by atoms with Crippen LogP contribution < -0.4 is 10.5 Å². The number of thiophene rings is 1. The van der Waals surface area contributed by atoms with Crippen LogP contribution in [0.2, 0.25) is 0 Å². The van der Waals surface area contributed by atoms with Gasteiger partial charge in [0, 0.05) is 10.1 Å². The highest BCUT2D eigenvalue weighted by atomic mass is 32.2. The number of rotatable bonds is 1. The molecular formula is C11H8N2O4S2. The summed E-state index contributed by atoms with van der Waals surface area (Å²) in [6.45, 7) is 0. The van der Waals surface area contributed by atoms with Crippen molar-refractivity contribution in [1.29, 1.82) is 0 Å². The average molecular weight is 296 g/mol. The molecule has 0 spiro atoms. The van der Waals surface area contributed by atoms with Gasteiger partial charge in [-0.15, -0.1) is 11.3 Å². The van der Waals surface area contributed by atoms with Gasteiger partial charge in [0.15, 0.2) is 6.04 Å². The van der Waals surface area contributed by atoms with E-state index in [1.54, 1.807) is 24.3 Å². The summed E-state index contributed by atoms with van der Waals surface area (Å²) >= 11 is 1.05. The van der Waals surface area contributed by atoms with Gasteiger partial charge >= 0.3 is 0 Å². The molecule has 1 aromatic carbocycles. The Morgan fingerprint density at radius 1 is 1.32 bits per heavy atom. The fraction of sp³-hybridized carbons (Fsp3) is 0.0909. The molecule has 0 aliphatic carbocycles. The molecule has 1 amide bonds. The normalized spacial score (nSPS) is 21.3. The number of carbonyl (C=O) groups excluding carboxylic acids is 2. The summed E-state index contributed by atoms with van der Waals surface area (Å²) in [5, 5.41) is 0.478. The van der Waals surface area contributed by atoms with Crippen molar-refractivity contribution < 1.29 is 18.0 Å². The van der Waals surface area contributed by atoms with Crippen LogP contribution in [-0.2, 0) is 14.8 Å². The highest BCUT2D eigenvalue weighted by molar-refractivity contribution is 7.90. The SMILES string of the molecule is NC(=O)C1NS(=O)(=O)c2c(sc3ccccc23)C1=O. The third kappa shape index (κ3) is 1.68. The molecule has 6 nitrogen and oxygen atoms in total. The van der Waals surface area contributed by atoms with Crippen LogP contribution >= 0.6 is 11.3 Å². The Bertz CT molecular complexity index is 822. The number of hydrogen-bond acceptors (Lipinski definition) is 5. The number of sulfonamides is 1. The Morgan fingerprint density at radius 3 is 2.68 bits per heavy atom. The second-order valence-electron chi connectivity index (χ2n) is 4.08. The Balaban J connectivity index is 2.38. The molecule has 1 aliphatic heterocycles. The van der Waals surface area contributed by atoms with Crippen LogP contribution in [-0.4, -0.2) is 26.2 Å². The molecule has 1 unspecified atom stereocenters. The molecular weight excluding hydrogens is 288 g/mol. The van der Waals surface area contributed by atoms with Crippen molar-refractivity contribution in [1.82, 2.24) is 4.72 Å². The largest absolute Gasteiger partial charge is 0.368 e. The predicted octanol–water partition coefficient (Wildman–Crippen LogP) is 0.230. The van der Waals surface area contributed by atoms with Crippen molar-refractivity contribution >= 4 is 43.1 Å². The van der Waals surface area contributed by atoms with E-state index in [0.717, 1.165) is 11.3 Å². The topological polar surface area (TPSA) is 106 Å². The van der Waals surface area contributed by atoms with E-state index in [2.05, 4.69) is 0 Å². The number of nitrogens with one attached hydrogen (secondary N) is 1. The van der Waals surface area contributed by atoms with E-state index < -0.39 is 27.8 Å². The first-order valence-electron chi connectivity index (χ1n) is 5.29. The number of Topliss-reactive ketones (excluding diaryl/α,β-unsaturated/α-hetero) is 1. The van der Waals surface area contributed by atoms with Crippen LogP contribution in [0, 0.1) is 0 Å². The van der Waals surface area contributed by atoms with Crippen molar-refractivity contribution in [2.45, 2.75) is 10.9 Å². The molecule has 98 valence electrons. The lowest BCUT2D eigenvalue weighted by Gasteiger charge is -2.19. The molecule has 0 fully saturated rings. The maximum absolute atomic E-state index is 12.1. The van der Waals surface area contributed by atoms with Gasteiger partial charge in [0.25, 0.3) is 0 Å². The zero-order valence-corrected chi connectivity index (χ0v) is 11.0. The summed E-state index contributed by atoms with van der Waals surface area (Å²) in [6.07, 6.45) is 0. The Kier molecular flexibility index (Phi) is 2.49. The molecule has 2 heterocycles. The summed E-state index contributed by atoms with van der Waals surface area (Å²) in [5.74, 6) is -1.60. The Labute approximate surface area is 112 Å². The number of primary amides is 1. The second kappa shape index (κ2) is 3.86. The quantitative estimate of drug-likeness (QED) is 0.735. The van der Waals surface area contributed by atoms with Crippen LogP contribution in [0.15, 0.2) is 29.2 Å². The predicted molar refractivity (Wildman–Crippen MR) is 69.5 cm³/mol. The fourth-order valence-electron chi connectivity index (χ4n) is 2.04. The molecule has 0 saturated carbocycles. The average Bonchev–Trinajstić information content (AvgIpc) is 2.74. The number of fused-ring (bicyclic) bond motifs is 3. The van der Waals surface area contributed by atoms with E-state index in [9.17, 15) is 18.0 Å². The molecule has 1 aromatic heterocycles. The van der Waals surface area contributed by atoms with Gasteiger partial charge in [-0.3, -0.25) is 9.59 Å². The van der Waals surface area contributed by atoms with E-state index in [1.165, 1.54) is 0 Å². The number of ketones is 1. The first kappa shape index (κ1) is 12.3. The minimum atomic E-state index is -3.91.